The molecule has 1 aliphatic heterocycles. The maximum absolute atomic E-state index is 12.7. The molecule has 35 heavy (non-hydrogen) atoms. The number of fused-ring (bicyclic) bond motifs is 2. The molecule has 1 aromatic heterocycles. The molecule has 0 radical (unpaired) electrons. The third-order valence-corrected chi connectivity index (χ3v) is 7.24. The molecule has 8 nitrogen and oxygen atoms in total. The highest BCUT2D eigenvalue weighted by Gasteiger charge is 2.69. The molecule has 1 saturated carbocycles. The van der Waals surface area contributed by atoms with E-state index in [1.54, 1.807) is 6.92 Å². The molecule has 1 aliphatic carbocycles. The third kappa shape index (κ3) is 4.27. The summed E-state index contributed by atoms with van der Waals surface area (Å²) in [5, 5.41) is 11.3. The van der Waals surface area contributed by atoms with Gasteiger partial charge in [-0.2, -0.15) is 0 Å². The number of aromatic amines is 1. The monoisotopic (exact) mass is 478 g/mol. The lowest BCUT2D eigenvalue weighted by atomic mass is 9.92. The highest BCUT2D eigenvalue weighted by Crippen LogP contribution is 2.57. The van der Waals surface area contributed by atoms with Gasteiger partial charge in [-0.3, -0.25) is 14.3 Å². The molecule has 6 atom stereocenters. The minimum Gasteiger partial charge on any atom is -0.390 e. The largest absolute Gasteiger partial charge is 0.390 e. The molecule has 8 heteroatoms. The van der Waals surface area contributed by atoms with Gasteiger partial charge in [0.05, 0.1) is 32.0 Å². The lowest BCUT2D eigenvalue weighted by Gasteiger charge is -2.38. The van der Waals surface area contributed by atoms with Crippen LogP contribution in [0, 0.1) is 18.8 Å². The maximum atomic E-state index is 12.7. The van der Waals surface area contributed by atoms with Crippen LogP contribution in [0.4, 0.5) is 0 Å². The molecule has 2 heterocycles. The van der Waals surface area contributed by atoms with Gasteiger partial charge in [-0.15, -0.1) is 0 Å². The Labute approximate surface area is 203 Å². The van der Waals surface area contributed by atoms with E-state index in [4.69, 9.17) is 14.2 Å². The van der Waals surface area contributed by atoms with Crippen LogP contribution in [-0.2, 0) is 27.4 Å². The standard InChI is InChI=1S/C27H30N2O6/c1-17-13-29(26(32)28-24(17)31)25-21-18(2)22(30)27(35-25,16-33-14-19-9-5-3-6-10-19)23(21)34-15-20-11-7-4-8-12-20/h3-13,18,21-23,25,30H,14-16H2,1-2H3,(H,28,31,32)/t18-,21-,22-,23+,25-,27+/m1/s1. The highest BCUT2D eigenvalue weighted by molar-refractivity contribution is 5.19. The summed E-state index contributed by atoms with van der Waals surface area (Å²) in [5.41, 5.74) is 0.254. The van der Waals surface area contributed by atoms with Crippen molar-refractivity contribution in [2.75, 3.05) is 6.61 Å². The van der Waals surface area contributed by atoms with Crippen LogP contribution in [0.5, 0.6) is 0 Å². The van der Waals surface area contributed by atoms with E-state index in [1.807, 2.05) is 67.6 Å². The fraction of sp³-hybridized carbons (Fsp3) is 0.407. The van der Waals surface area contributed by atoms with Crippen LogP contribution >= 0.6 is 0 Å². The lowest BCUT2D eigenvalue weighted by Crippen LogP contribution is -2.53. The molecule has 0 unspecified atom stereocenters. The van der Waals surface area contributed by atoms with Crippen molar-refractivity contribution in [1.82, 2.24) is 9.55 Å². The minimum atomic E-state index is -1.16. The number of nitrogens with one attached hydrogen (secondary N) is 1. The van der Waals surface area contributed by atoms with Gasteiger partial charge in [-0.1, -0.05) is 67.6 Å². The summed E-state index contributed by atoms with van der Waals surface area (Å²) in [7, 11) is 0. The fourth-order valence-electron chi connectivity index (χ4n) is 5.41. The third-order valence-electron chi connectivity index (χ3n) is 7.24. The number of aliphatic hydroxyl groups excluding tert-OH is 1. The molecule has 2 aliphatic rings. The molecule has 2 fully saturated rings. The van der Waals surface area contributed by atoms with E-state index in [1.165, 1.54) is 10.8 Å². The topological polar surface area (TPSA) is 103 Å². The zero-order chi connectivity index (χ0) is 24.6. The molecule has 5 rings (SSSR count). The van der Waals surface area contributed by atoms with E-state index in [9.17, 15) is 14.7 Å². The van der Waals surface area contributed by atoms with Crippen LogP contribution in [0.3, 0.4) is 0 Å². The maximum Gasteiger partial charge on any atom is 0.330 e. The van der Waals surface area contributed by atoms with Crippen molar-refractivity contribution in [2.24, 2.45) is 11.8 Å². The number of benzene rings is 2. The number of nitrogens with zero attached hydrogens (tertiary/aromatic N) is 1. The van der Waals surface area contributed by atoms with E-state index in [2.05, 4.69) is 4.98 Å². The predicted molar refractivity (Wildman–Crippen MR) is 129 cm³/mol. The number of rotatable bonds is 8. The van der Waals surface area contributed by atoms with Crippen LogP contribution in [0.2, 0.25) is 0 Å². The van der Waals surface area contributed by atoms with Crippen molar-refractivity contribution in [2.45, 2.75) is 51.1 Å². The van der Waals surface area contributed by atoms with Gasteiger partial charge in [0.25, 0.3) is 5.56 Å². The number of hydrogen-bond donors (Lipinski definition) is 2. The van der Waals surface area contributed by atoms with Gasteiger partial charge >= 0.3 is 5.69 Å². The van der Waals surface area contributed by atoms with Crippen LogP contribution in [0.25, 0.3) is 0 Å². The van der Waals surface area contributed by atoms with Crippen molar-refractivity contribution >= 4 is 0 Å². The molecular formula is C27H30N2O6. The number of hydrogen-bond acceptors (Lipinski definition) is 6. The molecule has 3 aromatic rings. The molecular weight excluding hydrogens is 448 g/mol. The SMILES string of the molecule is Cc1cn([C@@H]2O[C@@]3(COCc4ccccc4)[C@H](O)[C@H](C)[C@@H]2[C@@H]3OCc2ccccc2)c(=O)[nH]c1=O. The number of ether oxygens (including phenoxy) is 3. The van der Waals surface area contributed by atoms with Gasteiger partial charge < -0.3 is 19.3 Å². The Balaban J connectivity index is 1.47. The van der Waals surface area contributed by atoms with E-state index < -0.39 is 35.3 Å². The Morgan fingerprint density at radius 1 is 1.03 bits per heavy atom. The summed E-state index contributed by atoms with van der Waals surface area (Å²) in [4.78, 5) is 27.0. The first-order valence-electron chi connectivity index (χ1n) is 11.9. The van der Waals surface area contributed by atoms with Crippen molar-refractivity contribution in [1.29, 1.82) is 0 Å². The molecule has 0 amide bonds. The number of aryl methyl sites for hydroxylation is 1. The Morgan fingerprint density at radius 3 is 2.31 bits per heavy atom. The van der Waals surface area contributed by atoms with Crippen LogP contribution in [-0.4, -0.2) is 39.1 Å². The zero-order valence-corrected chi connectivity index (χ0v) is 19.8. The summed E-state index contributed by atoms with van der Waals surface area (Å²) in [6, 6.07) is 19.6. The number of aromatic nitrogens is 2. The Kier molecular flexibility index (Phi) is 6.46. The Morgan fingerprint density at radius 2 is 1.66 bits per heavy atom. The van der Waals surface area contributed by atoms with Crippen molar-refractivity contribution in [3.63, 3.8) is 0 Å². The Bertz CT molecular complexity index is 1270. The van der Waals surface area contributed by atoms with Crippen LogP contribution in [0.15, 0.2) is 76.4 Å². The Hall–Kier alpha value is -3.04. The smallest absolute Gasteiger partial charge is 0.330 e. The van der Waals surface area contributed by atoms with Gasteiger partial charge in [0.2, 0.25) is 0 Å². The molecule has 2 N–H and O–H groups in total. The minimum absolute atomic E-state index is 0.0942. The molecule has 2 aromatic carbocycles. The van der Waals surface area contributed by atoms with Crippen molar-refractivity contribution < 1.29 is 19.3 Å². The van der Waals surface area contributed by atoms with Gasteiger partial charge in [0, 0.05) is 17.7 Å². The first-order valence-corrected chi connectivity index (χ1v) is 11.9. The number of aliphatic hydroxyl groups is 1. The van der Waals surface area contributed by atoms with E-state index in [0.717, 1.165) is 11.1 Å². The molecule has 1 saturated heterocycles. The summed E-state index contributed by atoms with van der Waals surface area (Å²) >= 11 is 0. The quantitative estimate of drug-likeness (QED) is 0.516. The second-order valence-corrected chi connectivity index (χ2v) is 9.52. The van der Waals surface area contributed by atoms with E-state index in [0.29, 0.717) is 18.8 Å². The average molecular weight is 479 g/mol. The fourth-order valence-corrected chi connectivity index (χ4v) is 5.41. The van der Waals surface area contributed by atoms with Crippen LogP contribution < -0.4 is 11.2 Å². The van der Waals surface area contributed by atoms with Gasteiger partial charge in [0.15, 0.2) is 0 Å². The van der Waals surface area contributed by atoms with Gasteiger partial charge in [0.1, 0.15) is 11.8 Å². The normalized spacial score (nSPS) is 29.5. The van der Waals surface area contributed by atoms with Crippen molar-refractivity contribution in [3.8, 4) is 0 Å². The molecule has 0 spiro atoms. The summed E-state index contributed by atoms with van der Waals surface area (Å²) in [6.45, 7) is 4.36. The van der Waals surface area contributed by atoms with Crippen LogP contribution in [0.1, 0.15) is 29.8 Å². The molecule has 184 valence electrons. The van der Waals surface area contributed by atoms with E-state index >= 15 is 0 Å². The van der Waals surface area contributed by atoms with Crippen molar-refractivity contribution in [3.05, 3.63) is 104 Å². The predicted octanol–water partition coefficient (Wildman–Crippen LogP) is 2.54. The van der Waals surface area contributed by atoms with Gasteiger partial charge in [-0.05, 0) is 24.0 Å². The molecule has 2 bridgehead atoms. The first-order chi connectivity index (χ1) is 16.9. The summed E-state index contributed by atoms with van der Waals surface area (Å²) < 4.78 is 20.4. The second kappa shape index (κ2) is 9.54. The summed E-state index contributed by atoms with van der Waals surface area (Å²) in [5.74, 6) is -0.550. The second-order valence-electron chi connectivity index (χ2n) is 9.52. The zero-order valence-electron chi connectivity index (χ0n) is 19.8. The highest BCUT2D eigenvalue weighted by atomic mass is 16.6. The first kappa shape index (κ1) is 23.7. The lowest BCUT2D eigenvalue weighted by molar-refractivity contribution is -0.217. The average Bonchev–Trinajstić information content (AvgIpc) is 3.28. The number of H-pyrrole nitrogens is 1. The van der Waals surface area contributed by atoms with E-state index in [-0.39, 0.29) is 18.4 Å². The summed E-state index contributed by atoms with van der Waals surface area (Å²) in [6.07, 6.45) is -0.566. The van der Waals surface area contributed by atoms with Gasteiger partial charge in [-0.25, -0.2) is 4.79 Å².